The molecule has 0 aromatic rings. The van der Waals surface area contributed by atoms with Crippen molar-refractivity contribution in [2.24, 2.45) is 0 Å². The lowest BCUT2D eigenvalue weighted by Crippen LogP contribution is -2.43. The summed E-state index contributed by atoms with van der Waals surface area (Å²) in [5, 5.41) is 8.09. The first-order valence-electron chi connectivity index (χ1n) is 4.95. The zero-order chi connectivity index (χ0) is 12.2. The van der Waals surface area contributed by atoms with E-state index >= 15 is 0 Å². The molecule has 1 unspecified atom stereocenters. The van der Waals surface area contributed by atoms with Crippen molar-refractivity contribution < 1.29 is 18.3 Å². The Morgan fingerprint density at radius 2 is 1.80 bits per heavy atom. The maximum absolute atomic E-state index is 11.8. The topological polar surface area (TPSA) is 74.7 Å². The molecule has 0 aromatic carbocycles. The molecule has 0 spiro atoms. The summed E-state index contributed by atoms with van der Waals surface area (Å²) >= 11 is 0. The van der Waals surface area contributed by atoms with E-state index in [1.807, 2.05) is 0 Å². The minimum absolute atomic E-state index is 0.167. The van der Waals surface area contributed by atoms with E-state index in [1.54, 1.807) is 27.7 Å². The van der Waals surface area contributed by atoms with E-state index in [-0.39, 0.29) is 6.42 Å². The number of carboxylic acids is 1. The number of carboxylic acid groups (broad SMARTS) is 1. The molecule has 15 heavy (non-hydrogen) atoms. The summed E-state index contributed by atoms with van der Waals surface area (Å²) in [6.45, 7) is 6.79. The first kappa shape index (κ1) is 14.4. The molecule has 0 saturated heterocycles. The van der Waals surface area contributed by atoms with Gasteiger partial charge in [0.15, 0.2) is 0 Å². The maximum Gasteiger partial charge on any atom is 0.304 e. The summed E-state index contributed by atoms with van der Waals surface area (Å²) in [5.74, 6) is -0.986. The molecule has 0 aliphatic rings. The van der Waals surface area contributed by atoms with Gasteiger partial charge in [-0.15, -0.1) is 0 Å². The number of hydrogen-bond donors (Lipinski definition) is 1. The molecule has 0 radical (unpaired) electrons. The fraction of sp³-hybridized carbons (Fsp3) is 0.889. The smallest absolute Gasteiger partial charge is 0.304 e. The Bertz CT molecular complexity index is 310. The van der Waals surface area contributed by atoms with Crippen molar-refractivity contribution in [2.45, 2.75) is 45.4 Å². The highest BCUT2D eigenvalue weighted by atomic mass is 32.2. The number of aliphatic carboxylic acids is 1. The normalized spacial score (nSPS) is 14.5. The van der Waals surface area contributed by atoms with Crippen LogP contribution in [0.25, 0.3) is 0 Å². The second kappa shape index (κ2) is 5.46. The molecule has 0 fully saturated rings. The average molecular weight is 237 g/mol. The molecule has 0 saturated carbocycles. The molecule has 0 bridgehead atoms. The van der Waals surface area contributed by atoms with Crippen LogP contribution in [0.3, 0.4) is 0 Å². The number of carbonyl (C=O) groups is 1. The molecular formula is C9H19NO4S. The van der Waals surface area contributed by atoms with Crippen LogP contribution in [0.4, 0.5) is 0 Å². The highest BCUT2D eigenvalue weighted by Crippen LogP contribution is 2.14. The van der Waals surface area contributed by atoms with E-state index in [1.165, 1.54) is 4.31 Å². The largest absolute Gasteiger partial charge is 0.481 e. The number of rotatable bonds is 6. The van der Waals surface area contributed by atoms with Gasteiger partial charge in [-0.2, -0.15) is 4.31 Å². The van der Waals surface area contributed by atoms with Crippen molar-refractivity contribution >= 4 is 16.0 Å². The third-order valence-corrected chi connectivity index (χ3v) is 4.66. The molecule has 0 aliphatic carbocycles. The van der Waals surface area contributed by atoms with Crippen LogP contribution < -0.4 is 0 Å². The first-order chi connectivity index (χ1) is 6.73. The molecule has 5 nitrogen and oxygen atoms in total. The van der Waals surface area contributed by atoms with Crippen molar-refractivity contribution in [3.63, 3.8) is 0 Å². The lowest BCUT2D eigenvalue weighted by Gasteiger charge is -2.27. The van der Waals surface area contributed by atoms with Crippen molar-refractivity contribution in [3.05, 3.63) is 0 Å². The second-order valence-electron chi connectivity index (χ2n) is 3.74. The average Bonchev–Trinajstić information content (AvgIpc) is 2.02. The quantitative estimate of drug-likeness (QED) is 0.745. The molecule has 0 rings (SSSR count). The van der Waals surface area contributed by atoms with Crippen LogP contribution in [-0.4, -0.2) is 41.6 Å². The van der Waals surface area contributed by atoms with E-state index in [2.05, 4.69) is 0 Å². The van der Waals surface area contributed by atoms with Gasteiger partial charge in [0.2, 0.25) is 10.0 Å². The maximum atomic E-state index is 11.8. The fourth-order valence-corrected chi connectivity index (χ4v) is 2.85. The number of hydrogen-bond acceptors (Lipinski definition) is 3. The third-order valence-electron chi connectivity index (χ3n) is 2.20. The summed E-state index contributed by atoms with van der Waals surface area (Å²) in [5.41, 5.74) is 0. The standard InChI is InChI=1S/C9H19NO4S/c1-5-10(8(4)6-9(11)12)15(13,14)7(2)3/h7-8H,5-6H2,1-4H3,(H,11,12). The van der Waals surface area contributed by atoms with Crippen LogP contribution in [-0.2, 0) is 14.8 Å². The highest BCUT2D eigenvalue weighted by molar-refractivity contribution is 7.89. The van der Waals surface area contributed by atoms with Crippen LogP contribution in [0.5, 0.6) is 0 Å². The summed E-state index contributed by atoms with van der Waals surface area (Å²) in [7, 11) is -3.36. The van der Waals surface area contributed by atoms with Crippen LogP contribution in [0.1, 0.15) is 34.1 Å². The Balaban J connectivity index is 4.84. The molecule has 0 aromatic heterocycles. The molecule has 6 heteroatoms. The second-order valence-corrected chi connectivity index (χ2v) is 6.19. The van der Waals surface area contributed by atoms with E-state index in [9.17, 15) is 13.2 Å². The summed E-state index contributed by atoms with van der Waals surface area (Å²) in [4.78, 5) is 10.5. The van der Waals surface area contributed by atoms with E-state index in [4.69, 9.17) is 5.11 Å². The predicted molar refractivity (Wildman–Crippen MR) is 58.2 cm³/mol. The monoisotopic (exact) mass is 237 g/mol. The Morgan fingerprint density at radius 3 is 2.07 bits per heavy atom. The first-order valence-corrected chi connectivity index (χ1v) is 6.46. The van der Waals surface area contributed by atoms with Gasteiger partial charge in [-0.05, 0) is 20.8 Å². The molecule has 1 N–H and O–H groups in total. The lowest BCUT2D eigenvalue weighted by molar-refractivity contribution is -0.137. The van der Waals surface area contributed by atoms with Gasteiger partial charge >= 0.3 is 5.97 Å². The van der Waals surface area contributed by atoms with Gasteiger partial charge in [-0.25, -0.2) is 8.42 Å². The Kier molecular flexibility index (Phi) is 5.23. The molecule has 0 amide bonds. The van der Waals surface area contributed by atoms with Crippen LogP contribution in [0.15, 0.2) is 0 Å². The summed E-state index contributed by atoms with van der Waals surface area (Å²) in [6, 6.07) is -0.500. The van der Waals surface area contributed by atoms with Gasteiger partial charge in [0.1, 0.15) is 0 Å². The molecule has 90 valence electrons. The van der Waals surface area contributed by atoms with Crippen LogP contribution in [0.2, 0.25) is 0 Å². The van der Waals surface area contributed by atoms with E-state index < -0.39 is 27.3 Å². The third kappa shape index (κ3) is 3.79. The Labute approximate surface area is 91.1 Å². The van der Waals surface area contributed by atoms with Gasteiger partial charge in [0, 0.05) is 12.6 Å². The van der Waals surface area contributed by atoms with Gasteiger partial charge in [-0.3, -0.25) is 4.79 Å². The zero-order valence-corrected chi connectivity index (χ0v) is 10.4. The van der Waals surface area contributed by atoms with Gasteiger partial charge < -0.3 is 5.11 Å². The predicted octanol–water partition coefficient (Wildman–Crippen LogP) is 0.910. The van der Waals surface area contributed by atoms with Gasteiger partial charge in [-0.1, -0.05) is 6.92 Å². The number of nitrogens with zero attached hydrogens (tertiary/aromatic N) is 1. The summed E-state index contributed by atoms with van der Waals surface area (Å²) in [6.07, 6.45) is -0.167. The summed E-state index contributed by atoms with van der Waals surface area (Å²) < 4.78 is 24.9. The van der Waals surface area contributed by atoms with Crippen LogP contribution >= 0.6 is 0 Å². The Morgan fingerprint density at radius 1 is 1.33 bits per heavy atom. The van der Waals surface area contributed by atoms with Crippen LogP contribution in [0, 0.1) is 0 Å². The Hall–Kier alpha value is -0.620. The molecule has 0 aliphatic heterocycles. The zero-order valence-electron chi connectivity index (χ0n) is 9.60. The fourth-order valence-electron chi connectivity index (χ4n) is 1.37. The van der Waals surface area contributed by atoms with E-state index in [0.717, 1.165) is 0 Å². The van der Waals surface area contributed by atoms with Gasteiger partial charge in [0.05, 0.1) is 11.7 Å². The van der Waals surface area contributed by atoms with Gasteiger partial charge in [0.25, 0.3) is 0 Å². The molecule has 0 heterocycles. The molecular weight excluding hydrogens is 218 g/mol. The SMILES string of the molecule is CCN(C(C)CC(=O)O)S(=O)(=O)C(C)C. The minimum atomic E-state index is -3.36. The van der Waals surface area contributed by atoms with E-state index in [0.29, 0.717) is 6.54 Å². The van der Waals surface area contributed by atoms with Crippen molar-refractivity contribution in [2.75, 3.05) is 6.54 Å². The highest BCUT2D eigenvalue weighted by Gasteiger charge is 2.29. The van der Waals surface area contributed by atoms with Crippen molar-refractivity contribution in [1.29, 1.82) is 0 Å². The number of sulfonamides is 1. The minimum Gasteiger partial charge on any atom is -0.481 e. The van der Waals surface area contributed by atoms with Crippen molar-refractivity contribution in [1.82, 2.24) is 4.31 Å². The molecule has 1 atom stereocenters. The van der Waals surface area contributed by atoms with Crippen molar-refractivity contribution in [3.8, 4) is 0 Å². The lowest BCUT2D eigenvalue weighted by atomic mass is 10.2.